The fraction of sp³-hybridized carbons (Fsp3) is 0.320. The van der Waals surface area contributed by atoms with E-state index >= 15 is 0 Å². The van der Waals surface area contributed by atoms with Crippen molar-refractivity contribution in [2.45, 2.75) is 45.2 Å². The van der Waals surface area contributed by atoms with Crippen LogP contribution in [0.1, 0.15) is 41.8 Å². The Kier molecular flexibility index (Phi) is 5.66. The number of aromatic nitrogens is 2. The van der Waals surface area contributed by atoms with Crippen molar-refractivity contribution >= 4 is 39.3 Å². The molecule has 2 heterocycles. The highest BCUT2D eigenvalue weighted by Gasteiger charge is 2.26. The molecule has 1 fully saturated rings. The molecule has 0 spiro atoms. The molecule has 0 radical (unpaired) electrons. The number of hydrogen-bond donors (Lipinski definition) is 1. The molecule has 4 aromatic rings. The van der Waals surface area contributed by atoms with Gasteiger partial charge in [-0.3, -0.25) is 9.59 Å². The summed E-state index contributed by atoms with van der Waals surface area (Å²) in [6.07, 6.45) is 3.52. The van der Waals surface area contributed by atoms with E-state index in [1.807, 2.05) is 12.1 Å². The summed E-state index contributed by atoms with van der Waals surface area (Å²) in [7, 11) is 0. The molecule has 1 aliphatic rings. The lowest BCUT2D eigenvalue weighted by atomic mass is 9.85. The first kappa shape index (κ1) is 21.6. The Morgan fingerprint density at radius 1 is 1.21 bits per heavy atom. The SMILES string of the molecule is Cc1onc2c1c(=O)n(CC1CCCC(NC(=O)c3ccc(F)cc3)C1)c1cccc(Cl)c21. The average Bonchev–Trinajstić information content (AvgIpc) is 3.18. The summed E-state index contributed by atoms with van der Waals surface area (Å²) in [5, 5.41) is 8.85. The number of benzene rings is 2. The largest absolute Gasteiger partial charge is 0.360 e. The summed E-state index contributed by atoms with van der Waals surface area (Å²) in [6.45, 7) is 2.24. The fourth-order valence-electron chi connectivity index (χ4n) is 4.91. The first-order valence-corrected chi connectivity index (χ1v) is 11.4. The first-order chi connectivity index (χ1) is 15.9. The standard InChI is InChI=1S/C25H23ClFN3O3/c1-14-21-23(29-33-14)22-19(26)6-3-7-20(22)30(25(21)32)13-15-4-2-5-18(12-15)28-24(31)16-8-10-17(27)11-9-16/h3,6-11,15,18H,2,4-5,12-13H2,1H3,(H,28,31). The highest BCUT2D eigenvalue weighted by Crippen LogP contribution is 2.32. The van der Waals surface area contributed by atoms with Gasteiger partial charge >= 0.3 is 0 Å². The highest BCUT2D eigenvalue weighted by atomic mass is 35.5. The molecule has 2 atom stereocenters. The maximum Gasteiger partial charge on any atom is 0.264 e. The van der Waals surface area contributed by atoms with Crippen LogP contribution in [0.25, 0.3) is 21.8 Å². The van der Waals surface area contributed by atoms with Crippen LogP contribution < -0.4 is 10.9 Å². The van der Waals surface area contributed by atoms with E-state index in [1.165, 1.54) is 24.3 Å². The van der Waals surface area contributed by atoms with Crippen LogP contribution in [0.4, 0.5) is 4.39 Å². The van der Waals surface area contributed by atoms with Crippen LogP contribution in [0.15, 0.2) is 51.8 Å². The molecule has 2 aromatic heterocycles. The van der Waals surface area contributed by atoms with Gasteiger partial charge in [0.05, 0.1) is 10.5 Å². The molecule has 33 heavy (non-hydrogen) atoms. The Hall–Kier alpha value is -3.19. The second-order valence-corrected chi connectivity index (χ2v) is 9.13. The van der Waals surface area contributed by atoms with Crippen molar-refractivity contribution in [2.24, 2.45) is 5.92 Å². The molecule has 2 aromatic carbocycles. The van der Waals surface area contributed by atoms with Crippen LogP contribution in [-0.2, 0) is 6.54 Å². The number of hydrogen-bond acceptors (Lipinski definition) is 4. The van der Waals surface area contributed by atoms with Gasteiger partial charge in [-0.25, -0.2) is 4.39 Å². The van der Waals surface area contributed by atoms with Gasteiger partial charge in [-0.1, -0.05) is 29.2 Å². The van der Waals surface area contributed by atoms with Gasteiger partial charge in [0.25, 0.3) is 11.5 Å². The number of fused-ring (bicyclic) bond motifs is 3. The van der Waals surface area contributed by atoms with E-state index in [1.54, 1.807) is 17.6 Å². The topological polar surface area (TPSA) is 77.1 Å². The predicted octanol–water partition coefficient (Wildman–Crippen LogP) is 5.23. The monoisotopic (exact) mass is 467 g/mol. The molecular formula is C25H23ClFN3O3. The van der Waals surface area contributed by atoms with Crippen molar-refractivity contribution in [1.82, 2.24) is 15.0 Å². The van der Waals surface area contributed by atoms with Crippen LogP contribution in [-0.4, -0.2) is 21.7 Å². The van der Waals surface area contributed by atoms with Gasteiger partial charge in [0.1, 0.15) is 22.5 Å². The minimum atomic E-state index is -0.373. The molecule has 5 rings (SSSR count). The number of nitrogens with zero attached hydrogens (tertiary/aromatic N) is 2. The third-order valence-corrected chi connectivity index (χ3v) is 6.82. The highest BCUT2D eigenvalue weighted by molar-refractivity contribution is 6.37. The zero-order valence-electron chi connectivity index (χ0n) is 18.1. The van der Waals surface area contributed by atoms with Gasteiger partial charge in [-0.2, -0.15) is 0 Å². The molecule has 1 N–H and O–H groups in total. The van der Waals surface area contributed by atoms with E-state index in [4.69, 9.17) is 16.1 Å². The van der Waals surface area contributed by atoms with E-state index in [2.05, 4.69) is 10.5 Å². The van der Waals surface area contributed by atoms with Gasteiger partial charge in [-0.15, -0.1) is 0 Å². The smallest absolute Gasteiger partial charge is 0.264 e. The van der Waals surface area contributed by atoms with Crippen LogP contribution in [0.2, 0.25) is 5.02 Å². The van der Waals surface area contributed by atoms with Gasteiger partial charge in [-0.05, 0) is 68.5 Å². The summed E-state index contributed by atoms with van der Waals surface area (Å²) >= 11 is 6.49. The fourth-order valence-corrected chi connectivity index (χ4v) is 5.17. The molecular weight excluding hydrogens is 445 g/mol. The van der Waals surface area contributed by atoms with Gasteiger partial charge in [0.15, 0.2) is 0 Å². The first-order valence-electron chi connectivity index (χ1n) is 11.1. The van der Waals surface area contributed by atoms with Gasteiger partial charge in [0, 0.05) is 23.5 Å². The zero-order valence-corrected chi connectivity index (χ0v) is 18.9. The maximum atomic E-state index is 13.4. The number of carbonyl (C=O) groups is 1. The molecule has 1 saturated carbocycles. The second kappa shape index (κ2) is 8.63. The lowest BCUT2D eigenvalue weighted by molar-refractivity contribution is 0.0917. The number of nitrogens with one attached hydrogen (secondary N) is 1. The zero-order chi connectivity index (χ0) is 23.1. The number of aryl methyl sites for hydroxylation is 1. The Morgan fingerprint density at radius 2 is 2.00 bits per heavy atom. The van der Waals surface area contributed by atoms with Crippen molar-refractivity contribution in [3.8, 4) is 0 Å². The quantitative estimate of drug-likeness (QED) is 0.445. The molecule has 0 saturated heterocycles. The Balaban J connectivity index is 1.42. The van der Waals surface area contributed by atoms with Crippen LogP contribution >= 0.6 is 11.6 Å². The summed E-state index contributed by atoms with van der Waals surface area (Å²) in [5.41, 5.74) is 1.51. The second-order valence-electron chi connectivity index (χ2n) is 8.72. The van der Waals surface area contributed by atoms with E-state index in [9.17, 15) is 14.0 Å². The normalized spacial score (nSPS) is 18.6. The van der Waals surface area contributed by atoms with Crippen LogP contribution in [0.3, 0.4) is 0 Å². The number of halogens is 2. The van der Waals surface area contributed by atoms with E-state index in [0.29, 0.717) is 39.2 Å². The van der Waals surface area contributed by atoms with E-state index in [-0.39, 0.29) is 29.2 Å². The summed E-state index contributed by atoms with van der Waals surface area (Å²) in [6, 6.07) is 11.0. The Bertz CT molecular complexity index is 1410. The maximum absolute atomic E-state index is 13.4. The predicted molar refractivity (Wildman–Crippen MR) is 125 cm³/mol. The van der Waals surface area contributed by atoms with Gasteiger partial charge in [0.2, 0.25) is 0 Å². The van der Waals surface area contributed by atoms with Crippen molar-refractivity contribution in [1.29, 1.82) is 0 Å². The van der Waals surface area contributed by atoms with E-state index < -0.39 is 0 Å². The molecule has 8 heteroatoms. The molecule has 0 aliphatic heterocycles. The third kappa shape index (κ3) is 4.02. The molecule has 0 bridgehead atoms. The lowest BCUT2D eigenvalue weighted by Gasteiger charge is -2.30. The van der Waals surface area contributed by atoms with Crippen molar-refractivity contribution in [2.75, 3.05) is 0 Å². The molecule has 170 valence electrons. The number of carbonyl (C=O) groups excluding carboxylic acids is 1. The molecule has 2 unspecified atom stereocenters. The lowest BCUT2D eigenvalue weighted by Crippen LogP contribution is -2.39. The summed E-state index contributed by atoms with van der Waals surface area (Å²) in [5.74, 6) is 0.0899. The molecule has 1 aliphatic carbocycles. The van der Waals surface area contributed by atoms with Gasteiger partial charge < -0.3 is 14.4 Å². The summed E-state index contributed by atoms with van der Waals surface area (Å²) in [4.78, 5) is 26.0. The van der Waals surface area contributed by atoms with Crippen LogP contribution in [0, 0.1) is 18.7 Å². The third-order valence-electron chi connectivity index (χ3n) is 6.51. The van der Waals surface area contributed by atoms with Crippen LogP contribution in [0.5, 0.6) is 0 Å². The number of pyridine rings is 1. The average molecular weight is 468 g/mol. The number of rotatable bonds is 4. The van der Waals surface area contributed by atoms with E-state index in [0.717, 1.165) is 31.2 Å². The Morgan fingerprint density at radius 3 is 2.79 bits per heavy atom. The van der Waals surface area contributed by atoms with Crippen molar-refractivity contribution in [3.05, 3.63) is 75.0 Å². The molecule has 6 nitrogen and oxygen atoms in total. The number of amides is 1. The summed E-state index contributed by atoms with van der Waals surface area (Å²) < 4.78 is 20.2. The van der Waals surface area contributed by atoms with Crippen molar-refractivity contribution in [3.63, 3.8) is 0 Å². The minimum absolute atomic E-state index is 0.00656. The molecule has 1 amide bonds. The van der Waals surface area contributed by atoms with Crippen molar-refractivity contribution < 1.29 is 13.7 Å². The Labute approximate surface area is 194 Å². The minimum Gasteiger partial charge on any atom is -0.360 e.